The topological polar surface area (TPSA) is 25.6 Å². The van der Waals surface area contributed by atoms with Crippen LogP contribution in [0.15, 0.2) is 47.1 Å². The van der Waals surface area contributed by atoms with Crippen LogP contribution >= 0.6 is 0 Å². The molecule has 110 valence electrons. The molecule has 1 aromatic heterocycles. The number of ether oxygens (including phenoxy) is 1. The van der Waals surface area contributed by atoms with Crippen LogP contribution in [-0.4, -0.2) is 25.1 Å². The molecule has 0 spiro atoms. The van der Waals surface area contributed by atoms with E-state index in [1.54, 1.807) is 6.26 Å². The number of likely N-dealkylation sites (N-methyl/N-ethyl adjacent to an activating group) is 1. The van der Waals surface area contributed by atoms with Gasteiger partial charge >= 0.3 is 0 Å². The van der Waals surface area contributed by atoms with Crippen molar-refractivity contribution in [2.75, 3.05) is 20.2 Å². The van der Waals surface area contributed by atoms with E-state index >= 15 is 0 Å². The number of aryl methyl sites for hydroxylation is 1. The summed E-state index contributed by atoms with van der Waals surface area (Å²) in [5.41, 5.74) is 2.63. The summed E-state index contributed by atoms with van der Waals surface area (Å²) in [4.78, 5) is 2.27. The number of rotatable bonds is 5. The van der Waals surface area contributed by atoms with E-state index in [1.807, 2.05) is 18.2 Å². The maximum absolute atomic E-state index is 5.73. The van der Waals surface area contributed by atoms with Crippen molar-refractivity contribution in [3.8, 4) is 5.75 Å². The van der Waals surface area contributed by atoms with E-state index in [4.69, 9.17) is 9.15 Å². The number of hydrogen-bond acceptors (Lipinski definition) is 3. The SMILES string of the molecule is CN(CC=Cc1ccco1)Cc1ccc2c(c1)OCCC2. The zero-order valence-corrected chi connectivity index (χ0v) is 12.4. The van der Waals surface area contributed by atoms with Crippen LogP contribution in [0.1, 0.15) is 23.3 Å². The normalized spacial score (nSPS) is 14.4. The molecular weight excluding hydrogens is 262 g/mol. The first-order chi connectivity index (χ1) is 10.3. The van der Waals surface area contributed by atoms with Crippen LogP contribution < -0.4 is 4.74 Å². The summed E-state index contributed by atoms with van der Waals surface area (Å²) >= 11 is 0. The lowest BCUT2D eigenvalue weighted by Crippen LogP contribution is -2.18. The smallest absolute Gasteiger partial charge is 0.126 e. The quantitative estimate of drug-likeness (QED) is 0.835. The number of hydrogen-bond donors (Lipinski definition) is 0. The highest BCUT2D eigenvalue weighted by Gasteiger charge is 2.10. The number of nitrogens with zero attached hydrogens (tertiary/aromatic N) is 1. The van der Waals surface area contributed by atoms with Gasteiger partial charge < -0.3 is 9.15 Å². The van der Waals surface area contributed by atoms with Gasteiger partial charge in [-0.1, -0.05) is 18.2 Å². The minimum absolute atomic E-state index is 0.845. The lowest BCUT2D eigenvalue weighted by atomic mass is 10.0. The van der Waals surface area contributed by atoms with Crippen molar-refractivity contribution in [1.82, 2.24) is 4.90 Å². The van der Waals surface area contributed by atoms with Crippen molar-refractivity contribution in [2.24, 2.45) is 0 Å². The van der Waals surface area contributed by atoms with Crippen molar-refractivity contribution < 1.29 is 9.15 Å². The Morgan fingerprint density at radius 2 is 2.24 bits per heavy atom. The average Bonchev–Trinajstić information content (AvgIpc) is 3.00. The van der Waals surface area contributed by atoms with E-state index in [9.17, 15) is 0 Å². The first kappa shape index (κ1) is 14.0. The molecule has 1 aliphatic heterocycles. The van der Waals surface area contributed by atoms with Crippen molar-refractivity contribution in [1.29, 1.82) is 0 Å². The molecule has 0 aliphatic carbocycles. The first-order valence-corrected chi connectivity index (χ1v) is 7.44. The molecule has 0 radical (unpaired) electrons. The summed E-state index contributed by atoms with van der Waals surface area (Å²) in [5.74, 6) is 1.96. The molecular formula is C18H21NO2. The Hall–Kier alpha value is -2.00. The summed E-state index contributed by atoms with van der Waals surface area (Å²) in [6, 6.07) is 10.5. The fourth-order valence-electron chi connectivity index (χ4n) is 2.59. The molecule has 0 amide bonds. The average molecular weight is 283 g/mol. The number of furan rings is 1. The van der Waals surface area contributed by atoms with E-state index in [0.717, 1.165) is 44.0 Å². The predicted molar refractivity (Wildman–Crippen MR) is 84.3 cm³/mol. The second kappa shape index (κ2) is 6.64. The minimum Gasteiger partial charge on any atom is -0.493 e. The molecule has 3 heteroatoms. The molecule has 2 aromatic rings. The Morgan fingerprint density at radius 1 is 1.29 bits per heavy atom. The van der Waals surface area contributed by atoms with Crippen LogP contribution in [0, 0.1) is 0 Å². The van der Waals surface area contributed by atoms with Gasteiger partial charge in [0.2, 0.25) is 0 Å². The van der Waals surface area contributed by atoms with Crippen molar-refractivity contribution in [3.05, 3.63) is 59.6 Å². The summed E-state index contributed by atoms with van der Waals surface area (Å²) in [6.07, 6.45) is 8.08. The zero-order chi connectivity index (χ0) is 14.5. The molecule has 0 saturated heterocycles. The van der Waals surface area contributed by atoms with Gasteiger partial charge in [-0.15, -0.1) is 0 Å². The van der Waals surface area contributed by atoms with E-state index in [2.05, 4.69) is 36.2 Å². The summed E-state index contributed by atoms with van der Waals surface area (Å²) in [6.45, 7) is 2.65. The molecule has 0 saturated carbocycles. The summed E-state index contributed by atoms with van der Waals surface area (Å²) < 4.78 is 11.0. The molecule has 0 atom stereocenters. The number of fused-ring (bicyclic) bond motifs is 1. The van der Waals surface area contributed by atoms with E-state index in [0.29, 0.717) is 0 Å². The Balaban J connectivity index is 1.56. The molecule has 21 heavy (non-hydrogen) atoms. The van der Waals surface area contributed by atoms with Crippen LogP contribution in [-0.2, 0) is 13.0 Å². The van der Waals surface area contributed by atoms with Gasteiger partial charge in [0, 0.05) is 13.1 Å². The van der Waals surface area contributed by atoms with E-state index in [1.165, 1.54) is 11.1 Å². The van der Waals surface area contributed by atoms with Crippen molar-refractivity contribution in [3.63, 3.8) is 0 Å². The largest absolute Gasteiger partial charge is 0.493 e. The van der Waals surface area contributed by atoms with Gasteiger partial charge in [-0.25, -0.2) is 0 Å². The van der Waals surface area contributed by atoms with E-state index in [-0.39, 0.29) is 0 Å². The first-order valence-electron chi connectivity index (χ1n) is 7.44. The maximum atomic E-state index is 5.73. The molecule has 3 nitrogen and oxygen atoms in total. The van der Waals surface area contributed by atoms with Crippen LogP contribution in [0.5, 0.6) is 5.75 Å². The molecule has 1 aliphatic rings. The van der Waals surface area contributed by atoms with Crippen LogP contribution in [0.4, 0.5) is 0 Å². The van der Waals surface area contributed by atoms with Crippen molar-refractivity contribution >= 4 is 6.08 Å². The standard InChI is InChI=1S/C18H21NO2/c1-19(10-2-6-17-7-4-11-20-17)14-15-8-9-16-5-3-12-21-18(16)13-15/h2,4,6-9,11,13H,3,5,10,12,14H2,1H3. The fourth-order valence-corrected chi connectivity index (χ4v) is 2.59. The third-order valence-corrected chi connectivity index (χ3v) is 3.67. The van der Waals surface area contributed by atoms with Gasteiger partial charge in [0.15, 0.2) is 0 Å². The molecule has 3 rings (SSSR count). The molecule has 0 N–H and O–H groups in total. The molecule has 2 heterocycles. The highest BCUT2D eigenvalue weighted by Crippen LogP contribution is 2.26. The van der Waals surface area contributed by atoms with Gasteiger partial charge in [0.05, 0.1) is 12.9 Å². The van der Waals surface area contributed by atoms with E-state index < -0.39 is 0 Å². The van der Waals surface area contributed by atoms with Crippen LogP contribution in [0.2, 0.25) is 0 Å². The monoisotopic (exact) mass is 283 g/mol. The Bertz CT molecular complexity index is 602. The predicted octanol–water partition coefficient (Wildman–Crippen LogP) is 3.75. The third kappa shape index (κ3) is 3.76. The van der Waals surface area contributed by atoms with Gasteiger partial charge in [0.25, 0.3) is 0 Å². The number of benzene rings is 1. The van der Waals surface area contributed by atoms with Crippen LogP contribution in [0.25, 0.3) is 6.08 Å². The fraction of sp³-hybridized carbons (Fsp3) is 0.333. The Morgan fingerprint density at radius 3 is 3.10 bits per heavy atom. The molecule has 0 bridgehead atoms. The van der Waals surface area contributed by atoms with Crippen molar-refractivity contribution in [2.45, 2.75) is 19.4 Å². The highest BCUT2D eigenvalue weighted by molar-refractivity contribution is 5.42. The summed E-state index contributed by atoms with van der Waals surface area (Å²) in [7, 11) is 2.12. The molecule has 1 aromatic carbocycles. The lowest BCUT2D eigenvalue weighted by Gasteiger charge is -2.20. The van der Waals surface area contributed by atoms with Crippen LogP contribution in [0.3, 0.4) is 0 Å². The highest BCUT2D eigenvalue weighted by atomic mass is 16.5. The Kier molecular flexibility index (Phi) is 4.41. The van der Waals surface area contributed by atoms with Gasteiger partial charge in [-0.2, -0.15) is 0 Å². The maximum Gasteiger partial charge on any atom is 0.126 e. The van der Waals surface area contributed by atoms with Gasteiger partial charge in [0.1, 0.15) is 11.5 Å². The second-order valence-corrected chi connectivity index (χ2v) is 5.51. The minimum atomic E-state index is 0.845. The zero-order valence-electron chi connectivity index (χ0n) is 12.4. The molecule has 0 unspecified atom stereocenters. The third-order valence-electron chi connectivity index (χ3n) is 3.67. The lowest BCUT2D eigenvalue weighted by molar-refractivity contribution is 0.287. The van der Waals surface area contributed by atoms with Gasteiger partial charge in [-0.05, 0) is 55.3 Å². The Labute approximate surface area is 125 Å². The summed E-state index contributed by atoms with van der Waals surface area (Å²) in [5, 5.41) is 0. The second-order valence-electron chi connectivity index (χ2n) is 5.51. The van der Waals surface area contributed by atoms with Gasteiger partial charge in [-0.3, -0.25) is 4.90 Å². The molecule has 0 fully saturated rings.